The molecule has 1 amide bonds. The first-order valence-electron chi connectivity index (χ1n) is 34.5. The quantitative estimate of drug-likeness (QED) is 0.0320. The zero-order valence-corrected chi connectivity index (χ0v) is 51.1. The first-order valence-corrected chi connectivity index (χ1v) is 34.5. The number of ether oxygens (including phenoxy) is 1. The molecule has 0 bridgehead atoms. The maximum atomic E-state index is 12.5. The maximum absolute atomic E-state index is 12.5. The van der Waals surface area contributed by atoms with Gasteiger partial charge in [-0.2, -0.15) is 0 Å². The number of aliphatic hydroxyl groups excluding tert-OH is 2. The van der Waals surface area contributed by atoms with Crippen LogP contribution in [0.3, 0.4) is 0 Å². The van der Waals surface area contributed by atoms with E-state index < -0.39 is 12.1 Å². The molecule has 3 N–H and O–H groups in total. The van der Waals surface area contributed by atoms with Crippen molar-refractivity contribution in [3.05, 3.63) is 12.2 Å². The summed E-state index contributed by atoms with van der Waals surface area (Å²) in [5.74, 6) is -0.0453. The number of carbonyl (C=O) groups is 2. The molecule has 0 aliphatic heterocycles. The number of hydrogen-bond donors (Lipinski definition) is 3. The molecule has 0 aromatic carbocycles. The van der Waals surface area contributed by atoms with Crippen LogP contribution < -0.4 is 5.32 Å². The van der Waals surface area contributed by atoms with Crippen LogP contribution in [-0.4, -0.2) is 47.4 Å². The van der Waals surface area contributed by atoms with Crippen molar-refractivity contribution in [3.8, 4) is 0 Å². The van der Waals surface area contributed by atoms with E-state index in [0.717, 1.165) is 38.5 Å². The van der Waals surface area contributed by atoms with Crippen molar-refractivity contribution < 1.29 is 24.5 Å². The van der Waals surface area contributed by atoms with Crippen LogP contribution in [0, 0.1) is 0 Å². The zero-order valence-electron chi connectivity index (χ0n) is 51.1. The second-order valence-corrected chi connectivity index (χ2v) is 23.9. The Hall–Kier alpha value is -1.40. The van der Waals surface area contributed by atoms with Gasteiger partial charge in [0.1, 0.15) is 0 Å². The Balaban J connectivity index is 3.38. The number of carbonyl (C=O) groups excluding carboxylic acids is 2. The monoisotopic (exact) mass is 1060 g/mol. The average Bonchev–Trinajstić information content (AvgIpc) is 3.41. The van der Waals surface area contributed by atoms with Crippen molar-refractivity contribution in [1.82, 2.24) is 5.32 Å². The molecule has 0 aliphatic rings. The fraction of sp³-hybridized carbons (Fsp3) is 0.942. The highest BCUT2D eigenvalue weighted by molar-refractivity contribution is 5.76. The summed E-state index contributed by atoms with van der Waals surface area (Å²) in [5.41, 5.74) is 0. The number of amides is 1. The topological polar surface area (TPSA) is 95.9 Å². The molecule has 0 aliphatic carbocycles. The first-order chi connectivity index (χ1) is 37.0. The van der Waals surface area contributed by atoms with Gasteiger partial charge in [0.2, 0.25) is 5.91 Å². The van der Waals surface area contributed by atoms with E-state index in [-0.39, 0.29) is 18.5 Å². The van der Waals surface area contributed by atoms with Gasteiger partial charge in [-0.1, -0.05) is 360 Å². The predicted octanol–water partition coefficient (Wildman–Crippen LogP) is 22.0. The highest BCUT2D eigenvalue weighted by Crippen LogP contribution is 2.19. The summed E-state index contributed by atoms with van der Waals surface area (Å²) in [5, 5.41) is 23.2. The summed E-state index contributed by atoms with van der Waals surface area (Å²) in [6.07, 6.45) is 79.9. The number of unbranched alkanes of at least 4 members (excludes halogenated alkanes) is 54. The van der Waals surface area contributed by atoms with Gasteiger partial charge in [0.15, 0.2) is 0 Å². The normalized spacial score (nSPS) is 12.5. The van der Waals surface area contributed by atoms with E-state index in [2.05, 4.69) is 19.2 Å². The smallest absolute Gasteiger partial charge is 0.305 e. The summed E-state index contributed by atoms with van der Waals surface area (Å²) in [4.78, 5) is 24.6. The van der Waals surface area contributed by atoms with Crippen LogP contribution in [0.5, 0.6) is 0 Å². The van der Waals surface area contributed by atoms with Crippen LogP contribution in [0.15, 0.2) is 12.2 Å². The van der Waals surface area contributed by atoms with Crippen molar-refractivity contribution in [3.63, 3.8) is 0 Å². The second-order valence-electron chi connectivity index (χ2n) is 23.9. The number of allylic oxidation sites excluding steroid dienone is 1. The molecule has 0 saturated carbocycles. The Morgan fingerprint density at radius 1 is 0.360 bits per heavy atom. The molecule has 75 heavy (non-hydrogen) atoms. The standard InChI is InChI=1S/C69H135NO5/c1-3-5-7-9-11-13-15-17-19-20-21-27-30-34-37-41-45-49-53-57-61-67(72)66(65-71)70-68(73)62-58-54-50-46-42-38-35-31-28-25-23-22-24-26-29-32-36-40-44-48-52-56-60-64-75-69(74)63-59-55-51-47-43-39-33-18-16-14-12-10-8-6-4-2/h57,61,66-67,71-72H,3-56,58-60,62-65H2,1-2H3,(H,70,73)/b61-57+. The summed E-state index contributed by atoms with van der Waals surface area (Å²) in [7, 11) is 0. The lowest BCUT2D eigenvalue weighted by atomic mass is 10.0. The van der Waals surface area contributed by atoms with Gasteiger partial charge in [-0.15, -0.1) is 0 Å². The first kappa shape index (κ1) is 73.6. The number of rotatable bonds is 65. The molecule has 446 valence electrons. The molecule has 2 atom stereocenters. The summed E-state index contributed by atoms with van der Waals surface area (Å²) in [6, 6.07) is -0.627. The fourth-order valence-electron chi connectivity index (χ4n) is 11.1. The van der Waals surface area contributed by atoms with Gasteiger partial charge in [0, 0.05) is 12.8 Å². The van der Waals surface area contributed by atoms with Gasteiger partial charge < -0.3 is 20.3 Å². The van der Waals surface area contributed by atoms with E-state index in [1.165, 1.54) is 327 Å². The van der Waals surface area contributed by atoms with Crippen LogP contribution >= 0.6 is 0 Å². The minimum Gasteiger partial charge on any atom is -0.466 e. The molecule has 0 radical (unpaired) electrons. The Bertz CT molecular complexity index is 1130. The van der Waals surface area contributed by atoms with Crippen LogP contribution in [-0.2, 0) is 14.3 Å². The molecule has 0 spiro atoms. The minimum absolute atomic E-state index is 0.0178. The lowest BCUT2D eigenvalue weighted by Gasteiger charge is -2.20. The van der Waals surface area contributed by atoms with E-state index in [0.29, 0.717) is 19.4 Å². The van der Waals surface area contributed by atoms with Gasteiger partial charge in [-0.05, 0) is 32.1 Å². The predicted molar refractivity (Wildman–Crippen MR) is 329 cm³/mol. The molecule has 0 fully saturated rings. The number of hydrogen-bond acceptors (Lipinski definition) is 5. The van der Waals surface area contributed by atoms with Gasteiger partial charge in [0.05, 0.1) is 25.4 Å². The molecule has 0 rings (SSSR count). The third-order valence-electron chi connectivity index (χ3n) is 16.3. The summed E-state index contributed by atoms with van der Waals surface area (Å²) < 4.78 is 5.50. The molecule has 6 nitrogen and oxygen atoms in total. The number of aliphatic hydroxyl groups is 2. The van der Waals surface area contributed by atoms with E-state index in [1.807, 2.05) is 6.08 Å². The lowest BCUT2D eigenvalue weighted by molar-refractivity contribution is -0.143. The summed E-state index contributed by atoms with van der Waals surface area (Å²) in [6.45, 7) is 4.95. The molecule has 0 saturated heterocycles. The van der Waals surface area contributed by atoms with Crippen LogP contribution in [0.2, 0.25) is 0 Å². The third-order valence-corrected chi connectivity index (χ3v) is 16.3. The molecule has 0 aromatic rings. The van der Waals surface area contributed by atoms with E-state index in [1.54, 1.807) is 6.08 Å². The van der Waals surface area contributed by atoms with Gasteiger partial charge in [-0.25, -0.2) is 0 Å². The van der Waals surface area contributed by atoms with Crippen molar-refractivity contribution in [1.29, 1.82) is 0 Å². The molecule has 0 aromatic heterocycles. The number of nitrogens with one attached hydrogen (secondary N) is 1. The lowest BCUT2D eigenvalue weighted by Crippen LogP contribution is -2.45. The van der Waals surface area contributed by atoms with Crippen LogP contribution in [0.25, 0.3) is 0 Å². The van der Waals surface area contributed by atoms with Gasteiger partial charge >= 0.3 is 5.97 Å². The molecule has 2 unspecified atom stereocenters. The highest BCUT2D eigenvalue weighted by Gasteiger charge is 2.18. The van der Waals surface area contributed by atoms with E-state index in [4.69, 9.17) is 4.74 Å². The SMILES string of the molecule is CCCCCCCCCCCCCCCCCCCC/C=C/C(O)C(CO)NC(=O)CCCCCCCCCCCCCCCCCCCCCCCCCOC(=O)CCCCCCCCCCCCCCCCC. The van der Waals surface area contributed by atoms with Crippen LogP contribution in [0.4, 0.5) is 0 Å². The molecule has 6 heteroatoms. The third kappa shape index (κ3) is 61.7. The number of esters is 1. The van der Waals surface area contributed by atoms with Gasteiger partial charge in [0.25, 0.3) is 0 Å². The molecular weight excluding hydrogens is 923 g/mol. The van der Waals surface area contributed by atoms with Crippen LogP contribution in [0.1, 0.15) is 393 Å². The Kier molecular flexibility index (Phi) is 63.9. The van der Waals surface area contributed by atoms with Gasteiger partial charge in [-0.3, -0.25) is 9.59 Å². The molecule has 0 heterocycles. The van der Waals surface area contributed by atoms with Crippen molar-refractivity contribution in [2.24, 2.45) is 0 Å². The second kappa shape index (κ2) is 65.1. The highest BCUT2D eigenvalue weighted by atomic mass is 16.5. The molecular formula is C69H135NO5. The average molecular weight is 1060 g/mol. The summed E-state index contributed by atoms with van der Waals surface area (Å²) >= 11 is 0. The van der Waals surface area contributed by atoms with E-state index in [9.17, 15) is 19.8 Å². The van der Waals surface area contributed by atoms with Crippen molar-refractivity contribution >= 4 is 11.9 Å². The van der Waals surface area contributed by atoms with E-state index >= 15 is 0 Å². The minimum atomic E-state index is -0.844. The zero-order chi connectivity index (χ0) is 54.3. The fourth-order valence-corrected chi connectivity index (χ4v) is 11.1. The largest absolute Gasteiger partial charge is 0.466 e. The Morgan fingerprint density at radius 2 is 0.613 bits per heavy atom. The Labute approximate surface area is 469 Å². The van der Waals surface area contributed by atoms with Crippen molar-refractivity contribution in [2.45, 2.75) is 405 Å². The Morgan fingerprint density at radius 3 is 0.907 bits per heavy atom. The van der Waals surface area contributed by atoms with Crippen molar-refractivity contribution in [2.75, 3.05) is 13.2 Å². The maximum Gasteiger partial charge on any atom is 0.305 e.